The van der Waals surface area contributed by atoms with Crippen molar-refractivity contribution in [3.05, 3.63) is 0 Å². The van der Waals surface area contributed by atoms with Gasteiger partial charge in [-0.2, -0.15) is 0 Å². The first kappa shape index (κ1) is 8.81. The molecule has 4 heteroatoms. The monoisotopic (exact) mass is 185 g/mol. The summed E-state index contributed by atoms with van der Waals surface area (Å²) in [6, 6.07) is 0.410. The molecule has 74 valence electrons. The summed E-state index contributed by atoms with van der Waals surface area (Å²) in [5.74, 6) is 0. The van der Waals surface area contributed by atoms with Crippen molar-refractivity contribution >= 4 is 6.09 Å². The van der Waals surface area contributed by atoms with Crippen LogP contribution in [-0.4, -0.2) is 40.9 Å². The SMILES string of the molecule is CC1(CCO)CN(C2CC2)C(=O)O1. The first-order chi connectivity index (χ1) is 6.14. The Bertz CT molecular complexity index is 227. The highest BCUT2D eigenvalue weighted by Crippen LogP contribution is 2.35. The number of hydrogen-bond donors (Lipinski definition) is 1. The van der Waals surface area contributed by atoms with Crippen molar-refractivity contribution in [2.24, 2.45) is 0 Å². The van der Waals surface area contributed by atoms with Gasteiger partial charge in [-0.15, -0.1) is 0 Å². The van der Waals surface area contributed by atoms with Crippen LogP contribution in [0.2, 0.25) is 0 Å². The highest BCUT2D eigenvalue weighted by molar-refractivity contribution is 5.71. The fourth-order valence-electron chi connectivity index (χ4n) is 1.76. The minimum atomic E-state index is -0.464. The molecule has 1 atom stereocenters. The van der Waals surface area contributed by atoms with Crippen molar-refractivity contribution < 1.29 is 14.6 Å². The molecule has 2 aliphatic rings. The van der Waals surface area contributed by atoms with Crippen molar-refractivity contribution in [1.29, 1.82) is 0 Å². The van der Waals surface area contributed by atoms with Crippen molar-refractivity contribution in [1.82, 2.24) is 4.90 Å². The Kier molecular flexibility index (Phi) is 1.95. The van der Waals surface area contributed by atoms with E-state index >= 15 is 0 Å². The summed E-state index contributed by atoms with van der Waals surface area (Å²) in [5, 5.41) is 8.81. The molecule has 0 bridgehead atoms. The van der Waals surface area contributed by atoms with Crippen LogP contribution in [0.15, 0.2) is 0 Å². The number of carbonyl (C=O) groups is 1. The molecular weight excluding hydrogens is 170 g/mol. The van der Waals surface area contributed by atoms with Crippen LogP contribution in [0, 0.1) is 0 Å². The number of carbonyl (C=O) groups excluding carboxylic acids is 1. The number of aliphatic hydroxyl groups is 1. The number of nitrogens with zero attached hydrogens (tertiary/aromatic N) is 1. The molecule has 0 spiro atoms. The highest BCUT2D eigenvalue weighted by Gasteiger charge is 2.46. The van der Waals surface area contributed by atoms with Crippen LogP contribution in [0.25, 0.3) is 0 Å². The Balaban J connectivity index is 2.00. The number of hydrogen-bond acceptors (Lipinski definition) is 3. The normalized spacial score (nSPS) is 33.7. The van der Waals surface area contributed by atoms with E-state index in [0.717, 1.165) is 12.8 Å². The lowest BCUT2D eigenvalue weighted by Gasteiger charge is -2.20. The number of cyclic esters (lactones) is 1. The largest absolute Gasteiger partial charge is 0.441 e. The van der Waals surface area contributed by atoms with E-state index in [1.807, 2.05) is 6.92 Å². The van der Waals surface area contributed by atoms with Crippen LogP contribution in [-0.2, 0) is 4.74 Å². The maximum absolute atomic E-state index is 11.4. The lowest BCUT2D eigenvalue weighted by atomic mass is 10.0. The summed E-state index contributed by atoms with van der Waals surface area (Å²) in [5.41, 5.74) is -0.464. The van der Waals surface area contributed by atoms with Crippen molar-refractivity contribution in [3.8, 4) is 0 Å². The fraction of sp³-hybridized carbons (Fsp3) is 0.889. The molecular formula is C9H15NO3. The zero-order valence-electron chi connectivity index (χ0n) is 7.82. The lowest BCUT2D eigenvalue weighted by molar-refractivity contribution is 0.0502. The molecule has 0 aromatic rings. The molecule has 1 saturated heterocycles. The zero-order chi connectivity index (χ0) is 9.47. The topological polar surface area (TPSA) is 49.8 Å². The number of amides is 1. The van der Waals surface area contributed by atoms with Gasteiger partial charge in [0, 0.05) is 19.1 Å². The van der Waals surface area contributed by atoms with Crippen LogP contribution >= 0.6 is 0 Å². The first-order valence-electron chi connectivity index (χ1n) is 4.75. The van der Waals surface area contributed by atoms with Gasteiger partial charge in [-0.3, -0.25) is 0 Å². The van der Waals surface area contributed by atoms with Gasteiger partial charge in [0.1, 0.15) is 5.60 Å². The van der Waals surface area contributed by atoms with E-state index in [0.29, 0.717) is 19.0 Å². The third-order valence-corrected chi connectivity index (χ3v) is 2.70. The predicted octanol–water partition coefficient (Wildman–Crippen LogP) is 0.742. The van der Waals surface area contributed by atoms with Crippen molar-refractivity contribution in [2.45, 2.75) is 37.8 Å². The van der Waals surface area contributed by atoms with Crippen LogP contribution in [0.4, 0.5) is 4.79 Å². The summed E-state index contributed by atoms with van der Waals surface area (Å²) in [6.07, 6.45) is 2.52. The molecule has 1 N–H and O–H groups in total. The van der Waals surface area contributed by atoms with Gasteiger partial charge in [-0.25, -0.2) is 4.79 Å². The molecule has 0 radical (unpaired) electrons. The molecule has 4 nitrogen and oxygen atoms in total. The summed E-state index contributed by atoms with van der Waals surface area (Å²) >= 11 is 0. The second kappa shape index (κ2) is 2.87. The van der Waals surface area contributed by atoms with E-state index in [-0.39, 0.29) is 12.7 Å². The summed E-state index contributed by atoms with van der Waals surface area (Å²) < 4.78 is 5.23. The van der Waals surface area contributed by atoms with E-state index in [2.05, 4.69) is 0 Å². The second-order valence-electron chi connectivity index (χ2n) is 4.15. The fourth-order valence-corrected chi connectivity index (χ4v) is 1.76. The highest BCUT2D eigenvalue weighted by atomic mass is 16.6. The summed E-state index contributed by atoms with van der Waals surface area (Å²) in [6.45, 7) is 2.59. The van der Waals surface area contributed by atoms with E-state index in [1.54, 1.807) is 4.90 Å². The van der Waals surface area contributed by atoms with Crippen molar-refractivity contribution in [2.75, 3.05) is 13.2 Å². The van der Waals surface area contributed by atoms with Crippen molar-refractivity contribution in [3.63, 3.8) is 0 Å². The first-order valence-corrected chi connectivity index (χ1v) is 4.75. The number of aliphatic hydroxyl groups excluding tert-OH is 1. The van der Waals surface area contributed by atoms with E-state index in [9.17, 15) is 4.79 Å². The number of ether oxygens (including phenoxy) is 1. The standard InChI is InChI=1S/C9H15NO3/c1-9(4-5-11)6-10(7-2-3-7)8(12)13-9/h7,11H,2-6H2,1H3. The minimum absolute atomic E-state index is 0.0717. The van der Waals surface area contributed by atoms with Crippen LogP contribution in [0.5, 0.6) is 0 Å². The molecule has 1 saturated carbocycles. The second-order valence-corrected chi connectivity index (χ2v) is 4.15. The zero-order valence-corrected chi connectivity index (χ0v) is 7.82. The van der Waals surface area contributed by atoms with Gasteiger partial charge >= 0.3 is 6.09 Å². The van der Waals surface area contributed by atoms with Gasteiger partial charge in [0.15, 0.2) is 0 Å². The Morgan fingerprint density at radius 3 is 2.92 bits per heavy atom. The van der Waals surface area contributed by atoms with Gasteiger partial charge in [-0.1, -0.05) is 0 Å². The molecule has 1 amide bonds. The molecule has 0 aromatic heterocycles. The predicted molar refractivity (Wildman–Crippen MR) is 46.3 cm³/mol. The maximum Gasteiger partial charge on any atom is 0.410 e. The third kappa shape index (κ3) is 1.63. The Hall–Kier alpha value is -0.770. The van der Waals surface area contributed by atoms with Gasteiger partial charge in [0.05, 0.1) is 6.54 Å². The molecule has 1 aliphatic carbocycles. The Labute approximate surface area is 77.5 Å². The molecule has 0 aromatic carbocycles. The molecule has 13 heavy (non-hydrogen) atoms. The van der Waals surface area contributed by atoms with E-state index < -0.39 is 5.60 Å². The smallest absolute Gasteiger partial charge is 0.410 e. The Morgan fingerprint density at radius 1 is 1.69 bits per heavy atom. The van der Waals surface area contributed by atoms with Gasteiger partial charge < -0.3 is 14.7 Å². The van der Waals surface area contributed by atoms with E-state index in [4.69, 9.17) is 9.84 Å². The van der Waals surface area contributed by atoms with E-state index in [1.165, 1.54) is 0 Å². The average Bonchev–Trinajstić information content (AvgIpc) is 2.79. The minimum Gasteiger partial charge on any atom is -0.441 e. The number of rotatable bonds is 3. The lowest BCUT2D eigenvalue weighted by Crippen LogP contribution is -2.33. The Morgan fingerprint density at radius 2 is 2.38 bits per heavy atom. The van der Waals surface area contributed by atoms with Gasteiger partial charge in [-0.05, 0) is 19.8 Å². The maximum atomic E-state index is 11.4. The molecule has 1 aliphatic heterocycles. The molecule has 2 fully saturated rings. The average molecular weight is 185 g/mol. The molecule has 1 unspecified atom stereocenters. The van der Waals surface area contributed by atoms with Gasteiger partial charge in [0.2, 0.25) is 0 Å². The van der Waals surface area contributed by atoms with Crippen LogP contribution < -0.4 is 0 Å². The summed E-state index contributed by atoms with van der Waals surface area (Å²) in [4.78, 5) is 13.2. The van der Waals surface area contributed by atoms with Crippen LogP contribution in [0.1, 0.15) is 26.2 Å². The quantitative estimate of drug-likeness (QED) is 0.705. The molecule has 2 rings (SSSR count). The summed E-state index contributed by atoms with van der Waals surface area (Å²) in [7, 11) is 0. The third-order valence-electron chi connectivity index (χ3n) is 2.70. The molecule has 1 heterocycles. The van der Waals surface area contributed by atoms with Gasteiger partial charge in [0.25, 0.3) is 0 Å². The van der Waals surface area contributed by atoms with Crippen LogP contribution in [0.3, 0.4) is 0 Å².